The van der Waals surface area contributed by atoms with Crippen molar-refractivity contribution in [1.82, 2.24) is 0 Å². The van der Waals surface area contributed by atoms with Gasteiger partial charge in [-0.05, 0) is 13.0 Å². The summed E-state index contributed by atoms with van der Waals surface area (Å²) in [6, 6.07) is 3.04. The molecule has 0 aliphatic heterocycles. The van der Waals surface area contributed by atoms with Crippen LogP contribution in [-0.2, 0) is 19.9 Å². The zero-order valence-electron chi connectivity index (χ0n) is 11.1. The Morgan fingerprint density at radius 3 is 2.29 bits per heavy atom. The molecule has 0 amide bonds. The Balaban J connectivity index is 3.24. The highest BCUT2D eigenvalue weighted by molar-refractivity contribution is 7.94. The third-order valence-corrected chi connectivity index (χ3v) is 5.11. The van der Waals surface area contributed by atoms with E-state index >= 15 is 0 Å². The average Bonchev–Trinajstić information content (AvgIpc) is 2.36. The van der Waals surface area contributed by atoms with E-state index in [0.717, 1.165) is 18.2 Å². The molecule has 0 saturated carbocycles. The van der Waals surface area contributed by atoms with E-state index in [4.69, 9.17) is 9.88 Å². The lowest BCUT2D eigenvalue weighted by molar-refractivity contribution is -0.385. The van der Waals surface area contributed by atoms with Gasteiger partial charge in [0, 0.05) is 6.07 Å². The van der Waals surface area contributed by atoms with Crippen LogP contribution in [0.5, 0.6) is 5.75 Å². The summed E-state index contributed by atoms with van der Waals surface area (Å²) in [5.41, 5.74) is -0.463. The summed E-state index contributed by atoms with van der Waals surface area (Å²) in [5, 5.41) is 15.5. The first-order valence-corrected chi connectivity index (χ1v) is 9.07. The smallest absolute Gasteiger partial charge is 0.274 e. The van der Waals surface area contributed by atoms with E-state index in [2.05, 4.69) is 0 Å². The molecule has 0 fully saturated rings. The zero-order chi connectivity index (χ0) is 16.3. The predicted molar refractivity (Wildman–Crippen MR) is 74.3 cm³/mol. The first kappa shape index (κ1) is 17.3. The van der Waals surface area contributed by atoms with Gasteiger partial charge in [0.1, 0.15) is 5.75 Å². The van der Waals surface area contributed by atoms with Crippen molar-refractivity contribution in [3.05, 3.63) is 28.3 Å². The number of sulfonamides is 1. The maximum Gasteiger partial charge on any atom is 0.274 e. The van der Waals surface area contributed by atoms with E-state index < -0.39 is 42.0 Å². The maximum absolute atomic E-state index is 12.0. The molecule has 0 bridgehead atoms. The summed E-state index contributed by atoms with van der Waals surface area (Å²) in [6.07, 6.45) is 0. The van der Waals surface area contributed by atoms with Gasteiger partial charge in [-0.25, -0.2) is 22.0 Å². The molecule has 0 aliphatic carbocycles. The Kier molecular flexibility index (Phi) is 5.25. The number of non-ortho nitro benzene ring substituents is 1. The van der Waals surface area contributed by atoms with Crippen LogP contribution >= 0.6 is 0 Å². The van der Waals surface area contributed by atoms with E-state index in [1.807, 2.05) is 0 Å². The van der Waals surface area contributed by atoms with E-state index in [-0.39, 0.29) is 17.3 Å². The molecule has 21 heavy (non-hydrogen) atoms. The molecule has 1 aromatic carbocycles. The lowest BCUT2D eigenvalue weighted by atomic mass is 10.3. The van der Waals surface area contributed by atoms with E-state index in [0.29, 0.717) is 0 Å². The number of sulfone groups is 1. The summed E-state index contributed by atoms with van der Waals surface area (Å²) < 4.78 is 50.8. The third kappa shape index (κ3) is 5.28. The summed E-state index contributed by atoms with van der Waals surface area (Å²) in [4.78, 5) is 9.64. The molecular formula is C10H14N2O7S2. The fraction of sp³-hybridized carbons (Fsp3) is 0.400. The maximum atomic E-state index is 12.0. The van der Waals surface area contributed by atoms with Gasteiger partial charge in [-0.3, -0.25) is 10.1 Å². The number of hydrogen-bond donors (Lipinski definition) is 1. The van der Waals surface area contributed by atoms with Crippen LogP contribution in [0.3, 0.4) is 0 Å². The largest absolute Gasteiger partial charge is 0.494 e. The van der Waals surface area contributed by atoms with Crippen molar-refractivity contribution in [3.63, 3.8) is 0 Å². The minimum atomic E-state index is -4.03. The number of nitro benzene ring substituents is 1. The number of rotatable bonds is 7. The van der Waals surface area contributed by atoms with Crippen molar-refractivity contribution in [1.29, 1.82) is 0 Å². The Morgan fingerprint density at radius 1 is 1.19 bits per heavy atom. The molecule has 0 atom stereocenters. The number of nitro groups is 1. The molecule has 118 valence electrons. The van der Waals surface area contributed by atoms with Crippen molar-refractivity contribution in [2.24, 2.45) is 5.14 Å². The third-order valence-electron chi connectivity index (χ3n) is 2.38. The number of hydrogen-bond acceptors (Lipinski definition) is 7. The van der Waals surface area contributed by atoms with Gasteiger partial charge in [-0.1, -0.05) is 0 Å². The minimum Gasteiger partial charge on any atom is -0.494 e. The molecule has 2 N–H and O–H groups in total. The monoisotopic (exact) mass is 338 g/mol. The van der Waals surface area contributed by atoms with E-state index in [9.17, 15) is 26.9 Å². The highest BCUT2D eigenvalue weighted by Gasteiger charge is 2.22. The number of ether oxygens (including phenoxy) is 1. The van der Waals surface area contributed by atoms with Gasteiger partial charge >= 0.3 is 0 Å². The number of nitrogens with zero attached hydrogens (tertiary/aromatic N) is 1. The minimum absolute atomic E-state index is 0.0147. The van der Waals surface area contributed by atoms with Gasteiger partial charge in [0.2, 0.25) is 10.0 Å². The topological polar surface area (TPSA) is 147 Å². The average molecular weight is 338 g/mol. The van der Waals surface area contributed by atoms with Gasteiger partial charge < -0.3 is 4.74 Å². The molecule has 0 unspecified atom stereocenters. The van der Waals surface area contributed by atoms with Crippen molar-refractivity contribution in [3.8, 4) is 5.75 Å². The quantitative estimate of drug-likeness (QED) is 0.546. The lowest BCUT2D eigenvalue weighted by Gasteiger charge is -2.07. The Morgan fingerprint density at radius 2 is 1.81 bits per heavy atom. The van der Waals surface area contributed by atoms with Crippen LogP contribution in [0.4, 0.5) is 5.69 Å². The van der Waals surface area contributed by atoms with Crippen LogP contribution in [0.2, 0.25) is 0 Å². The van der Waals surface area contributed by atoms with Gasteiger partial charge in [0.15, 0.2) is 9.84 Å². The second-order valence-corrected chi connectivity index (χ2v) is 7.88. The molecule has 0 aliphatic rings. The standard InChI is InChI=1S/C10H14N2O7S2/c1-2-19-9-5-8(12(13)14)6-10(7-9)20(15,16)3-4-21(11,17)18/h5-7H,2-4H2,1H3,(H2,11,17,18). The molecule has 0 aromatic heterocycles. The second-order valence-electron chi connectivity index (χ2n) is 4.04. The van der Waals surface area contributed by atoms with Crippen LogP contribution in [-0.4, -0.2) is 39.9 Å². The van der Waals surface area contributed by atoms with Gasteiger partial charge in [-0.15, -0.1) is 0 Å². The highest BCUT2D eigenvalue weighted by atomic mass is 32.2. The van der Waals surface area contributed by atoms with E-state index in [1.54, 1.807) is 6.92 Å². The normalized spacial score (nSPS) is 12.1. The second kappa shape index (κ2) is 6.37. The van der Waals surface area contributed by atoms with Gasteiger partial charge in [0.05, 0.1) is 34.0 Å². The first-order valence-electron chi connectivity index (χ1n) is 5.70. The fourth-order valence-corrected chi connectivity index (χ4v) is 4.07. The summed E-state index contributed by atoms with van der Waals surface area (Å²) in [5.74, 6) is -1.53. The molecule has 11 heteroatoms. The first-order chi connectivity index (χ1) is 9.55. The summed E-state index contributed by atoms with van der Waals surface area (Å²) in [6.45, 7) is 1.83. The molecule has 1 rings (SSSR count). The highest BCUT2D eigenvalue weighted by Crippen LogP contribution is 2.26. The molecule has 0 spiro atoms. The Hall–Kier alpha value is -1.72. The number of nitrogens with two attached hydrogens (primary N) is 1. The van der Waals surface area contributed by atoms with Crippen LogP contribution < -0.4 is 9.88 Å². The Bertz CT molecular complexity index is 741. The predicted octanol–water partition coefficient (Wildman–Crippen LogP) is 0.0557. The number of primary sulfonamides is 1. The van der Waals surface area contributed by atoms with Crippen LogP contribution in [0.15, 0.2) is 23.1 Å². The SMILES string of the molecule is CCOc1cc([N+](=O)[O-])cc(S(=O)(=O)CCS(N)(=O)=O)c1. The zero-order valence-corrected chi connectivity index (χ0v) is 12.7. The van der Waals surface area contributed by atoms with Crippen molar-refractivity contribution >= 4 is 25.5 Å². The van der Waals surface area contributed by atoms with Crippen molar-refractivity contribution < 1.29 is 26.5 Å². The van der Waals surface area contributed by atoms with Gasteiger partial charge in [-0.2, -0.15) is 0 Å². The lowest BCUT2D eigenvalue weighted by Crippen LogP contribution is -2.23. The van der Waals surface area contributed by atoms with Crippen molar-refractivity contribution in [2.45, 2.75) is 11.8 Å². The van der Waals surface area contributed by atoms with Crippen LogP contribution in [0, 0.1) is 10.1 Å². The van der Waals surface area contributed by atoms with Gasteiger partial charge in [0.25, 0.3) is 5.69 Å². The summed E-state index contributed by atoms with van der Waals surface area (Å²) >= 11 is 0. The van der Waals surface area contributed by atoms with Crippen LogP contribution in [0.25, 0.3) is 0 Å². The molecule has 0 heterocycles. The summed E-state index contributed by atoms with van der Waals surface area (Å²) in [7, 11) is -7.99. The molecule has 0 saturated heterocycles. The van der Waals surface area contributed by atoms with Crippen LogP contribution in [0.1, 0.15) is 6.92 Å². The molecular weight excluding hydrogens is 324 g/mol. The van der Waals surface area contributed by atoms with E-state index in [1.165, 1.54) is 0 Å². The number of benzene rings is 1. The molecule has 9 nitrogen and oxygen atoms in total. The van der Waals surface area contributed by atoms with Crippen molar-refractivity contribution in [2.75, 3.05) is 18.1 Å². The molecule has 1 aromatic rings. The fourth-order valence-electron chi connectivity index (χ4n) is 1.44. The molecule has 0 radical (unpaired) electrons. The Labute approximate surface area is 121 Å².